The summed E-state index contributed by atoms with van der Waals surface area (Å²) in [5.41, 5.74) is 6.68. The van der Waals surface area contributed by atoms with Crippen molar-refractivity contribution in [2.24, 2.45) is 0 Å². The Morgan fingerprint density at radius 3 is 2.62 bits per heavy atom. The van der Waals surface area contributed by atoms with E-state index in [9.17, 15) is 4.79 Å². The highest BCUT2D eigenvalue weighted by atomic mass is 79.9. The highest BCUT2D eigenvalue weighted by Gasteiger charge is 2.15. The molecule has 1 aromatic heterocycles. The van der Waals surface area contributed by atoms with Gasteiger partial charge in [0.05, 0.1) is 6.54 Å². The summed E-state index contributed by atoms with van der Waals surface area (Å²) in [7, 11) is 0. The van der Waals surface area contributed by atoms with Crippen molar-refractivity contribution in [2.45, 2.75) is 6.54 Å². The summed E-state index contributed by atoms with van der Waals surface area (Å²) in [4.78, 5) is 11.7. The molecule has 1 aromatic carbocycles. The Morgan fingerprint density at radius 2 is 2.00 bits per heavy atom. The van der Waals surface area contributed by atoms with E-state index in [1.54, 1.807) is 0 Å². The van der Waals surface area contributed by atoms with E-state index in [1.807, 2.05) is 30.3 Å². The first kappa shape index (κ1) is 11.0. The molecule has 2 aromatic rings. The third kappa shape index (κ3) is 1.90. The summed E-state index contributed by atoms with van der Waals surface area (Å²) in [5, 5.41) is 0.684. The smallest absolute Gasteiger partial charge is 0.367 e. The summed E-state index contributed by atoms with van der Waals surface area (Å²) in [6, 6.07) is 9.27. The molecule has 0 fully saturated rings. The molecular weight excluding hydrogens is 272 g/mol. The number of alkyl halides is 1. The number of rotatable bonds is 3. The van der Waals surface area contributed by atoms with Crippen LogP contribution in [-0.4, -0.2) is 10.1 Å². The summed E-state index contributed by atoms with van der Waals surface area (Å²) in [5.74, 6) is 0.371. The van der Waals surface area contributed by atoms with E-state index in [0.29, 0.717) is 23.3 Å². The highest BCUT2D eigenvalue weighted by Crippen LogP contribution is 2.22. The average Bonchev–Trinajstić information content (AvgIpc) is 2.56. The summed E-state index contributed by atoms with van der Waals surface area (Å²) >= 11 is 3.27. The van der Waals surface area contributed by atoms with E-state index in [0.717, 1.165) is 5.56 Å². The Labute approximate surface area is 101 Å². The maximum Gasteiger partial charge on any atom is 0.367 e. The van der Waals surface area contributed by atoms with Crippen LogP contribution in [0.25, 0.3) is 11.1 Å². The first-order valence-corrected chi connectivity index (χ1v) is 5.97. The van der Waals surface area contributed by atoms with Gasteiger partial charge >= 0.3 is 5.63 Å². The van der Waals surface area contributed by atoms with Gasteiger partial charge in [-0.1, -0.05) is 46.3 Å². The predicted octanol–water partition coefficient (Wildman–Crippen LogP) is 2.09. The predicted molar refractivity (Wildman–Crippen MR) is 66.6 cm³/mol. The van der Waals surface area contributed by atoms with E-state index < -0.39 is 5.63 Å². The fourth-order valence-corrected chi connectivity index (χ4v) is 1.86. The van der Waals surface area contributed by atoms with Crippen molar-refractivity contribution in [3.8, 4) is 11.1 Å². The first-order chi connectivity index (χ1) is 7.74. The lowest BCUT2D eigenvalue weighted by atomic mass is 10.1. The minimum atomic E-state index is -0.398. The molecule has 0 aliphatic rings. The highest BCUT2D eigenvalue weighted by molar-refractivity contribution is 9.09. The SMILES string of the molecule is Nc1c(-c2ccccc2)c(=O)on1CCBr. The molecule has 1 heterocycles. The van der Waals surface area contributed by atoms with Crippen LogP contribution in [0.4, 0.5) is 5.82 Å². The molecule has 2 rings (SSSR count). The van der Waals surface area contributed by atoms with Gasteiger partial charge in [0.15, 0.2) is 5.82 Å². The summed E-state index contributed by atoms with van der Waals surface area (Å²) in [6.07, 6.45) is 0. The second kappa shape index (κ2) is 4.57. The Morgan fingerprint density at radius 1 is 1.31 bits per heavy atom. The lowest BCUT2D eigenvalue weighted by Gasteiger charge is -2.00. The first-order valence-electron chi connectivity index (χ1n) is 4.85. The molecule has 0 atom stereocenters. The Balaban J connectivity index is 2.54. The van der Waals surface area contributed by atoms with Crippen molar-refractivity contribution >= 4 is 21.7 Å². The van der Waals surface area contributed by atoms with Gasteiger partial charge in [0.2, 0.25) is 0 Å². The molecule has 84 valence electrons. The largest absolute Gasteiger partial charge is 0.382 e. The number of hydrogen-bond donors (Lipinski definition) is 1. The van der Waals surface area contributed by atoms with Crippen LogP contribution in [0.3, 0.4) is 0 Å². The fraction of sp³-hybridized carbons (Fsp3) is 0.182. The van der Waals surface area contributed by atoms with Gasteiger partial charge in [-0.05, 0) is 5.56 Å². The van der Waals surface area contributed by atoms with Gasteiger partial charge in [0.25, 0.3) is 0 Å². The van der Waals surface area contributed by atoms with Crippen LogP contribution in [0.15, 0.2) is 39.6 Å². The molecule has 0 amide bonds. The number of nitrogen functional groups attached to an aromatic ring is 1. The Kier molecular flexibility index (Phi) is 3.14. The topological polar surface area (TPSA) is 61.2 Å². The molecule has 0 bridgehead atoms. The average molecular weight is 283 g/mol. The number of halogens is 1. The van der Waals surface area contributed by atoms with E-state index in [-0.39, 0.29) is 0 Å². The van der Waals surface area contributed by atoms with Crippen molar-refractivity contribution in [3.05, 3.63) is 40.8 Å². The third-order valence-electron chi connectivity index (χ3n) is 2.27. The zero-order valence-electron chi connectivity index (χ0n) is 8.52. The van der Waals surface area contributed by atoms with Crippen molar-refractivity contribution in [1.82, 2.24) is 4.74 Å². The Hall–Kier alpha value is -1.49. The standard InChI is InChI=1S/C11H11BrN2O2/c12-6-7-14-10(13)9(11(15)16-14)8-4-2-1-3-5-8/h1-5H,6-7,13H2. The van der Waals surface area contributed by atoms with Crippen LogP contribution in [-0.2, 0) is 6.54 Å². The molecule has 16 heavy (non-hydrogen) atoms. The minimum Gasteiger partial charge on any atom is -0.382 e. The van der Waals surface area contributed by atoms with Crippen LogP contribution >= 0.6 is 15.9 Å². The maximum atomic E-state index is 11.7. The third-order valence-corrected chi connectivity index (χ3v) is 2.63. The zero-order valence-corrected chi connectivity index (χ0v) is 10.1. The Bertz CT molecular complexity index is 531. The van der Waals surface area contributed by atoms with Gasteiger partial charge in [-0.2, -0.15) is 4.74 Å². The quantitative estimate of drug-likeness (QED) is 0.877. The van der Waals surface area contributed by atoms with E-state index in [2.05, 4.69) is 15.9 Å². The summed E-state index contributed by atoms with van der Waals surface area (Å²) < 4.78 is 6.45. The van der Waals surface area contributed by atoms with Gasteiger partial charge in [-0.15, -0.1) is 0 Å². The molecule has 0 saturated heterocycles. The number of nitrogens with zero attached hydrogens (tertiary/aromatic N) is 1. The molecule has 0 aliphatic heterocycles. The molecule has 0 spiro atoms. The van der Waals surface area contributed by atoms with Crippen LogP contribution < -0.4 is 11.4 Å². The monoisotopic (exact) mass is 282 g/mol. The molecule has 2 N–H and O–H groups in total. The van der Waals surface area contributed by atoms with Crippen LogP contribution in [0, 0.1) is 0 Å². The second-order valence-electron chi connectivity index (χ2n) is 3.30. The van der Waals surface area contributed by atoms with Crippen LogP contribution in [0.2, 0.25) is 0 Å². The summed E-state index contributed by atoms with van der Waals surface area (Å²) in [6.45, 7) is 0.536. The molecule has 5 heteroatoms. The minimum absolute atomic E-state index is 0.371. The molecule has 0 unspecified atom stereocenters. The van der Waals surface area contributed by atoms with E-state index in [1.165, 1.54) is 4.74 Å². The van der Waals surface area contributed by atoms with E-state index >= 15 is 0 Å². The van der Waals surface area contributed by atoms with Crippen LogP contribution in [0.5, 0.6) is 0 Å². The normalized spacial score (nSPS) is 10.6. The van der Waals surface area contributed by atoms with Gasteiger partial charge in [-0.25, -0.2) is 4.79 Å². The van der Waals surface area contributed by atoms with Crippen molar-refractivity contribution in [1.29, 1.82) is 0 Å². The number of nitrogens with two attached hydrogens (primary N) is 1. The van der Waals surface area contributed by atoms with E-state index in [4.69, 9.17) is 10.3 Å². The zero-order chi connectivity index (χ0) is 11.5. The molecular formula is C11H11BrN2O2. The lowest BCUT2D eigenvalue weighted by Crippen LogP contribution is -2.02. The number of aryl methyl sites for hydroxylation is 1. The van der Waals surface area contributed by atoms with Crippen LogP contribution in [0.1, 0.15) is 0 Å². The number of hydrogen-bond acceptors (Lipinski definition) is 3. The number of aromatic nitrogens is 1. The van der Waals surface area contributed by atoms with Crippen molar-refractivity contribution < 1.29 is 4.52 Å². The van der Waals surface area contributed by atoms with Gasteiger partial charge in [0.1, 0.15) is 5.56 Å². The molecule has 4 nitrogen and oxygen atoms in total. The van der Waals surface area contributed by atoms with Crippen molar-refractivity contribution in [2.75, 3.05) is 11.1 Å². The molecule has 0 aliphatic carbocycles. The second-order valence-corrected chi connectivity index (χ2v) is 4.09. The van der Waals surface area contributed by atoms with Gasteiger partial charge in [0, 0.05) is 5.33 Å². The molecule has 0 radical (unpaired) electrons. The lowest BCUT2D eigenvalue weighted by molar-refractivity contribution is 0.267. The maximum absolute atomic E-state index is 11.7. The number of anilines is 1. The van der Waals surface area contributed by atoms with Gasteiger partial charge in [-0.3, -0.25) is 0 Å². The van der Waals surface area contributed by atoms with Gasteiger partial charge < -0.3 is 10.3 Å². The fourth-order valence-electron chi connectivity index (χ4n) is 1.54. The van der Waals surface area contributed by atoms with Crippen molar-refractivity contribution in [3.63, 3.8) is 0 Å². The molecule has 0 saturated carbocycles. The number of benzene rings is 1.